The van der Waals surface area contributed by atoms with Gasteiger partial charge in [-0.25, -0.2) is 0 Å². The summed E-state index contributed by atoms with van der Waals surface area (Å²) < 4.78 is 20.2. The van der Waals surface area contributed by atoms with Crippen molar-refractivity contribution in [3.63, 3.8) is 0 Å². The minimum absolute atomic E-state index is 0.857. The lowest BCUT2D eigenvalue weighted by atomic mass is 9.97. The van der Waals surface area contributed by atoms with Crippen molar-refractivity contribution >= 4 is 160 Å². The molecule has 0 fully saturated rings. The first-order chi connectivity index (χ1) is 73.3. The third-order valence-electron chi connectivity index (χ3n) is 28.7. The third kappa shape index (κ3) is 17.2. The fraction of sp³-hybridized carbons (Fsp3) is 0. The van der Waals surface area contributed by atoms with Crippen molar-refractivity contribution in [1.82, 2.24) is 0 Å². The van der Waals surface area contributed by atoms with E-state index in [0.717, 1.165) is 156 Å². The molecular weight excluding hydrogens is 1800 g/mol. The van der Waals surface area contributed by atoms with Crippen LogP contribution in [0.1, 0.15) is 0 Å². The first-order valence-corrected chi connectivity index (χ1v) is 50.4. The smallest absolute Gasteiger partial charge is 0.159 e. The molecule has 0 bridgehead atoms. The molecule has 0 aliphatic heterocycles. The summed E-state index contributed by atoms with van der Waals surface area (Å²) in [4.78, 5) is 7.03. The average Bonchev–Trinajstić information content (AvgIpc) is 1.59. The van der Waals surface area contributed by atoms with Gasteiger partial charge in [0.2, 0.25) is 0 Å². The van der Waals surface area contributed by atoms with Crippen molar-refractivity contribution in [1.29, 1.82) is 0 Å². The number of benzene rings is 25. The zero-order valence-corrected chi connectivity index (χ0v) is 80.9. The quantitative estimate of drug-likeness (QED) is 0.0853. The fourth-order valence-corrected chi connectivity index (χ4v) is 21.3. The van der Waals surface area contributed by atoms with Crippen LogP contribution in [0, 0.1) is 0 Å². The van der Waals surface area contributed by atoms with Gasteiger partial charge in [0.1, 0.15) is 16.7 Å². The predicted octanol–water partition coefficient (Wildman–Crippen LogP) is 40.8. The van der Waals surface area contributed by atoms with Gasteiger partial charge >= 0.3 is 0 Å². The van der Waals surface area contributed by atoms with Gasteiger partial charge in [0.15, 0.2) is 16.7 Å². The molecule has 0 atom stereocenters. The Morgan fingerprint density at radius 1 is 0.115 bits per heavy atom. The van der Waals surface area contributed by atoms with E-state index in [4.69, 9.17) is 13.3 Å². The lowest BCUT2D eigenvalue weighted by molar-refractivity contribution is 0.669. The van der Waals surface area contributed by atoms with Gasteiger partial charge < -0.3 is 28.0 Å². The summed E-state index contributed by atoms with van der Waals surface area (Å²) in [5.74, 6) is 0. The van der Waals surface area contributed by atoms with Crippen LogP contribution in [0.15, 0.2) is 590 Å². The van der Waals surface area contributed by atoms with Crippen LogP contribution in [-0.4, -0.2) is 0 Å². The summed E-state index contributed by atoms with van der Waals surface area (Å²) in [7, 11) is 0. The highest BCUT2D eigenvalue weighted by molar-refractivity contribution is 6.16. The van der Waals surface area contributed by atoms with Crippen LogP contribution in [0.3, 0.4) is 0 Å². The van der Waals surface area contributed by atoms with Crippen molar-refractivity contribution in [2.24, 2.45) is 0 Å². The topological polar surface area (TPSA) is 49.1 Å². The maximum absolute atomic E-state index is 6.77. The van der Waals surface area contributed by atoms with Gasteiger partial charge in [0.25, 0.3) is 0 Å². The summed E-state index contributed by atoms with van der Waals surface area (Å²) in [6, 6.07) is 205. The van der Waals surface area contributed by atoms with E-state index in [1.165, 1.54) is 104 Å². The van der Waals surface area contributed by atoms with Crippen LogP contribution >= 0.6 is 0 Å². The van der Waals surface area contributed by atoms with E-state index in [1.54, 1.807) is 0 Å². The SMILES string of the molecule is c1ccc(-c2ccc(-c3ccc(N(c4ccccc4)c4cc(-c5ccc6ccccc6c5)cc5c4oc4ccccc45)cc3)cc2)cc1.c1ccc(-c2ccc(N(c3ccc(-c4cccc5ccccc45)cc3)c3cc(-c4ccc5ccccc5c4)cc4c3oc3ccccc34)cc2)cc1.c1ccc(-c2ccc(N(c3ccccc3-c3ccccc3)c3cc(-c4ccc5ccccc5c4)cc4c3oc3ccccc34)cc2)cc1. The predicted molar refractivity (Wildman–Crippen MR) is 624 cm³/mol. The number of hydrogen-bond donors (Lipinski definition) is 0. The maximum Gasteiger partial charge on any atom is 0.159 e. The Labute approximate surface area is 858 Å². The molecule has 3 aromatic heterocycles. The summed E-state index contributed by atoms with van der Waals surface area (Å²) in [6.07, 6.45) is 0. The van der Waals surface area contributed by atoms with Crippen molar-refractivity contribution < 1.29 is 13.3 Å². The Balaban J connectivity index is 0.000000112. The molecule has 0 amide bonds. The number of hydrogen-bond acceptors (Lipinski definition) is 6. The van der Waals surface area contributed by atoms with Gasteiger partial charge in [-0.1, -0.05) is 437 Å². The Bertz CT molecular complexity index is 9740. The monoisotopic (exact) mass is 1890 g/mol. The summed E-state index contributed by atoms with van der Waals surface area (Å²) in [5, 5.41) is 16.4. The van der Waals surface area contributed by atoms with Crippen LogP contribution in [0.2, 0.25) is 0 Å². The van der Waals surface area contributed by atoms with E-state index >= 15 is 0 Å². The Hall–Kier alpha value is -19.7. The molecule has 0 saturated heterocycles. The second-order valence-electron chi connectivity index (χ2n) is 37.7. The van der Waals surface area contributed by atoms with Gasteiger partial charge in [-0.2, -0.15) is 0 Å². The van der Waals surface area contributed by atoms with Gasteiger partial charge in [-0.05, 0) is 277 Å². The number of furan rings is 3. The molecule has 0 aliphatic rings. The van der Waals surface area contributed by atoms with Crippen LogP contribution in [0.4, 0.5) is 51.2 Å². The van der Waals surface area contributed by atoms with Gasteiger partial charge in [-0.15, -0.1) is 0 Å². The molecule has 6 heteroatoms. The molecule has 28 rings (SSSR count). The molecule has 0 unspecified atom stereocenters. The Morgan fingerprint density at radius 2 is 0.358 bits per heavy atom. The molecule has 0 radical (unpaired) electrons. The molecule has 0 aliphatic carbocycles. The number of fused-ring (bicyclic) bond motifs is 13. The molecule has 0 spiro atoms. The normalized spacial score (nSPS) is 11.4. The van der Waals surface area contributed by atoms with Crippen molar-refractivity contribution in [3.05, 3.63) is 576 Å². The van der Waals surface area contributed by atoms with Crippen molar-refractivity contribution in [2.45, 2.75) is 0 Å². The summed E-state index contributed by atoms with van der Waals surface area (Å²) in [6.45, 7) is 0. The summed E-state index contributed by atoms with van der Waals surface area (Å²) >= 11 is 0. The van der Waals surface area contributed by atoms with E-state index in [0.29, 0.717) is 0 Å². The largest absolute Gasteiger partial charge is 0.454 e. The van der Waals surface area contributed by atoms with E-state index in [2.05, 4.69) is 573 Å². The first-order valence-electron chi connectivity index (χ1n) is 50.4. The van der Waals surface area contributed by atoms with E-state index < -0.39 is 0 Å². The van der Waals surface area contributed by atoms with Crippen molar-refractivity contribution in [3.8, 4) is 100 Å². The molecule has 25 aromatic carbocycles. The molecular formula is C142H95N3O3. The lowest BCUT2D eigenvalue weighted by Gasteiger charge is -2.28. The highest BCUT2D eigenvalue weighted by Gasteiger charge is 2.28. The summed E-state index contributed by atoms with van der Waals surface area (Å²) in [5.41, 5.74) is 35.7. The molecule has 3 heterocycles. The van der Waals surface area contributed by atoms with Gasteiger partial charge in [0.05, 0.1) is 22.7 Å². The number of anilines is 9. The van der Waals surface area contributed by atoms with Crippen molar-refractivity contribution in [2.75, 3.05) is 14.7 Å². The molecule has 28 aromatic rings. The molecule has 148 heavy (non-hydrogen) atoms. The number of rotatable bonds is 18. The van der Waals surface area contributed by atoms with Gasteiger partial charge in [-0.3, -0.25) is 0 Å². The van der Waals surface area contributed by atoms with Crippen LogP contribution < -0.4 is 14.7 Å². The minimum Gasteiger partial charge on any atom is -0.454 e. The third-order valence-corrected chi connectivity index (χ3v) is 28.7. The lowest BCUT2D eigenvalue weighted by Crippen LogP contribution is -2.11. The second kappa shape index (κ2) is 39.0. The Kier molecular flexibility index (Phi) is 23.3. The number of para-hydroxylation sites is 5. The van der Waals surface area contributed by atoms with E-state index in [1.807, 2.05) is 18.2 Å². The van der Waals surface area contributed by atoms with Gasteiger partial charge in [0, 0.05) is 66.3 Å². The molecule has 0 saturated carbocycles. The van der Waals surface area contributed by atoms with Crippen LogP contribution in [0.25, 0.3) is 209 Å². The van der Waals surface area contributed by atoms with Crippen LogP contribution in [0.5, 0.6) is 0 Å². The zero-order valence-electron chi connectivity index (χ0n) is 80.9. The molecule has 696 valence electrons. The molecule has 6 nitrogen and oxygen atoms in total. The first kappa shape index (κ1) is 88.5. The zero-order chi connectivity index (χ0) is 98.2. The average molecular weight is 1890 g/mol. The maximum atomic E-state index is 6.77. The second-order valence-corrected chi connectivity index (χ2v) is 37.7. The van der Waals surface area contributed by atoms with E-state index in [9.17, 15) is 0 Å². The highest BCUT2D eigenvalue weighted by atomic mass is 16.3. The highest BCUT2D eigenvalue weighted by Crippen LogP contribution is 2.52. The van der Waals surface area contributed by atoms with E-state index in [-0.39, 0.29) is 0 Å². The minimum atomic E-state index is 0.857. The fourth-order valence-electron chi connectivity index (χ4n) is 21.3. The Morgan fingerprint density at radius 3 is 0.736 bits per heavy atom. The van der Waals surface area contributed by atoms with Crippen LogP contribution in [-0.2, 0) is 0 Å². The standard InChI is InChI=1S/C50H33NO.2C46H31NO/c1-2-11-34(12-3-1)36-23-27-42(28-24-36)51(43-29-25-38(26-30-43)45-19-10-16-37-14-6-7-17-44(37)45)48-33-41(40-22-21-35-13-4-5-15-39(35)31-40)32-47-46-18-8-9-20-49(46)52-50(47)48;1-3-13-32(14-4-1)34-25-27-39(28-26-34)47(43-21-11-9-19-40(43)35-16-5-2-6-17-35)44-31-38(37-24-23-33-15-7-8-18-36(33)29-37)30-42-41-20-10-12-22-45(41)48-46(42)44;1-3-11-32(12-4-1)34-19-21-35(22-20-34)36-25-27-41(28-26-36)47(40-15-5-2-6-16-40)44-31-39(38-24-23-33-13-7-8-14-37(33)29-38)30-43-42-17-9-10-18-45(42)48-46(43)44/h1-33H;2*1-31H. The number of nitrogens with zero attached hydrogens (tertiary/aromatic N) is 3. The molecule has 0 N–H and O–H groups in total.